The Morgan fingerprint density at radius 1 is 0.760 bits per heavy atom. The summed E-state index contributed by atoms with van der Waals surface area (Å²) in [7, 11) is 0. The molecule has 0 N–H and O–H groups in total. The Balaban J connectivity index is 2.02. The van der Waals surface area contributed by atoms with Gasteiger partial charge in [-0.05, 0) is 42.8 Å². The number of para-hydroxylation sites is 2. The summed E-state index contributed by atoms with van der Waals surface area (Å²) >= 11 is 0. The molecule has 25 heavy (non-hydrogen) atoms. The summed E-state index contributed by atoms with van der Waals surface area (Å²) in [6.45, 7) is 3.93. The van der Waals surface area contributed by atoms with Gasteiger partial charge < -0.3 is 4.90 Å². The van der Waals surface area contributed by atoms with Crippen molar-refractivity contribution in [2.24, 2.45) is 0 Å². The number of rotatable bonds is 5. The molecule has 0 bridgehead atoms. The Kier molecular flexibility index (Phi) is 5.69. The standard InChI is InChI=1S/C24H21N/c1-2-12-22(20-19-21-13-6-3-7-14-21)25(23-15-8-4-9-16-23)24-17-10-5-11-18-24/h2-11,13-18,22H,1,12H2. The van der Waals surface area contributed by atoms with Crippen molar-refractivity contribution < 1.29 is 0 Å². The van der Waals surface area contributed by atoms with Crippen LogP contribution >= 0.6 is 0 Å². The molecule has 0 aromatic heterocycles. The molecule has 0 aliphatic rings. The fraction of sp³-hybridized carbons (Fsp3) is 0.0833. The van der Waals surface area contributed by atoms with Gasteiger partial charge in [0.2, 0.25) is 0 Å². The Morgan fingerprint density at radius 2 is 1.24 bits per heavy atom. The molecule has 0 amide bonds. The summed E-state index contributed by atoms with van der Waals surface area (Å²) in [5, 5.41) is 0. The van der Waals surface area contributed by atoms with Gasteiger partial charge in [-0.25, -0.2) is 0 Å². The van der Waals surface area contributed by atoms with Gasteiger partial charge in [0, 0.05) is 16.9 Å². The van der Waals surface area contributed by atoms with Crippen LogP contribution in [0.5, 0.6) is 0 Å². The first-order valence-electron chi connectivity index (χ1n) is 8.45. The zero-order chi connectivity index (χ0) is 17.3. The molecular formula is C24H21N. The molecular weight excluding hydrogens is 302 g/mol. The largest absolute Gasteiger partial charge is 0.327 e. The number of hydrogen-bond donors (Lipinski definition) is 0. The van der Waals surface area contributed by atoms with E-state index >= 15 is 0 Å². The maximum Gasteiger partial charge on any atom is 0.0990 e. The van der Waals surface area contributed by atoms with E-state index in [1.54, 1.807) is 0 Å². The SMILES string of the molecule is C=CCC(C#Cc1ccccc1)N(c1ccccc1)c1ccccc1. The number of anilines is 2. The fourth-order valence-corrected chi connectivity index (χ4v) is 2.76. The molecule has 0 radical (unpaired) electrons. The van der Waals surface area contributed by atoms with Crippen LogP contribution in [0, 0.1) is 11.8 Å². The molecule has 0 aliphatic carbocycles. The van der Waals surface area contributed by atoms with E-state index < -0.39 is 0 Å². The highest BCUT2D eigenvalue weighted by Crippen LogP contribution is 2.28. The third-order valence-corrected chi connectivity index (χ3v) is 3.93. The van der Waals surface area contributed by atoms with Crippen molar-refractivity contribution in [1.29, 1.82) is 0 Å². The molecule has 0 saturated heterocycles. The van der Waals surface area contributed by atoms with Crippen LogP contribution in [0.1, 0.15) is 12.0 Å². The lowest BCUT2D eigenvalue weighted by molar-refractivity contribution is 0.816. The van der Waals surface area contributed by atoms with Crippen molar-refractivity contribution in [2.75, 3.05) is 4.90 Å². The van der Waals surface area contributed by atoms with Crippen LogP contribution in [-0.2, 0) is 0 Å². The zero-order valence-electron chi connectivity index (χ0n) is 14.2. The lowest BCUT2D eigenvalue weighted by Crippen LogP contribution is -2.29. The van der Waals surface area contributed by atoms with Crippen LogP contribution in [-0.4, -0.2) is 6.04 Å². The number of nitrogens with zero attached hydrogens (tertiary/aromatic N) is 1. The van der Waals surface area contributed by atoms with Gasteiger partial charge in [0.15, 0.2) is 0 Å². The molecule has 3 aromatic carbocycles. The monoisotopic (exact) mass is 323 g/mol. The molecule has 0 fully saturated rings. The summed E-state index contributed by atoms with van der Waals surface area (Å²) in [5.41, 5.74) is 3.28. The van der Waals surface area contributed by atoms with Gasteiger partial charge in [0.1, 0.15) is 0 Å². The first-order chi connectivity index (χ1) is 12.4. The van der Waals surface area contributed by atoms with E-state index in [0.717, 1.165) is 23.4 Å². The van der Waals surface area contributed by atoms with Crippen molar-refractivity contribution in [3.05, 3.63) is 109 Å². The smallest absolute Gasteiger partial charge is 0.0990 e. The highest BCUT2D eigenvalue weighted by molar-refractivity contribution is 5.65. The summed E-state index contributed by atoms with van der Waals surface area (Å²) in [5.74, 6) is 6.75. The van der Waals surface area contributed by atoms with Crippen molar-refractivity contribution in [1.82, 2.24) is 0 Å². The Labute approximate surface area is 150 Å². The predicted molar refractivity (Wildman–Crippen MR) is 107 cm³/mol. The fourth-order valence-electron chi connectivity index (χ4n) is 2.76. The summed E-state index contributed by atoms with van der Waals surface area (Å²) in [4.78, 5) is 2.28. The van der Waals surface area contributed by atoms with Crippen LogP contribution in [0.2, 0.25) is 0 Å². The van der Waals surface area contributed by atoms with Gasteiger partial charge in [0.25, 0.3) is 0 Å². The minimum absolute atomic E-state index is 0.0162. The van der Waals surface area contributed by atoms with Crippen molar-refractivity contribution in [3.63, 3.8) is 0 Å². The van der Waals surface area contributed by atoms with E-state index in [1.807, 2.05) is 48.5 Å². The summed E-state index contributed by atoms with van der Waals surface area (Å²) in [6.07, 6.45) is 2.72. The maximum absolute atomic E-state index is 3.93. The zero-order valence-corrected chi connectivity index (χ0v) is 14.2. The minimum atomic E-state index is 0.0162. The van der Waals surface area contributed by atoms with Crippen LogP contribution in [0.3, 0.4) is 0 Å². The Hall–Kier alpha value is -3.24. The van der Waals surface area contributed by atoms with Crippen molar-refractivity contribution in [2.45, 2.75) is 12.5 Å². The topological polar surface area (TPSA) is 3.24 Å². The lowest BCUT2D eigenvalue weighted by Gasteiger charge is -2.30. The van der Waals surface area contributed by atoms with E-state index in [1.165, 1.54) is 0 Å². The molecule has 3 aromatic rings. The highest BCUT2D eigenvalue weighted by Gasteiger charge is 2.17. The lowest BCUT2D eigenvalue weighted by atomic mass is 10.1. The van der Waals surface area contributed by atoms with Gasteiger partial charge in [-0.3, -0.25) is 0 Å². The minimum Gasteiger partial charge on any atom is -0.327 e. The molecule has 0 spiro atoms. The third-order valence-electron chi connectivity index (χ3n) is 3.93. The van der Waals surface area contributed by atoms with Crippen molar-refractivity contribution >= 4 is 11.4 Å². The van der Waals surface area contributed by atoms with Crippen LogP contribution < -0.4 is 4.90 Å². The van der Waals surface area contributed by atoms with E-state index in [0.29, 0.717) is 0 Å². The second-order valence-electron chi connectivity index (χ2n) is 5.72. The van der Waals surface area contributed by atoms with Gasteiger partial charge in [-0.1, -0.05) is 72.5 Å². The Bertz CT molecular complexity index is 803. The van der Waals surface area contributed by atoms with Gasteiger partial charge >= 0.3 is 0 Å². The molecule has 1 unspecified atom stereocenters. The van der Waals surface area contributed by atoms with Gasteiger partial charge in [-0.15, -0.1) is 6.58 Å². The van der Waals surface area contributed by atoms with E-state index in [2.05, 4.69) is 71.9 Å². The second kappa shape index (κ2) is 8.57. The number of benzene rings is 3. The molecule has 122 valence electrons. The molecule has 3 rings (SSSR count). The van der Waals surface area contributed by atoms with Gasteiger partial charge in [0.05, 0.1) is 6.04 Å². The molecule has 0 saturated carbocycles. The van der Waals surface area contributed by atoms with Crippen LogP contribution in [0.4, 0.5) is 11.4 Å². The first-order valence-corrected chi connectivity index (χ1v) is 8.45. The average Bonchev–Trinajstić information content (AvgIpc) is 2.69. The van der Waals surface area contributed by atoms with Crippen LogP contribution in [0.25, 0.3) is 0 Å². The summed E-state index contributed by atoms with van der Waals surface area (Å²) in [6, 6.07) is 30.9. The average molecular weight is 323 g/mol. The number of hydrogen-bond acceptors (Lipinski definition) is 1. The molecule has 1 atom stereocenters. The van der Waals surface area contributed by atoms with Gasteiger partial charge in [-0.2, -0.15) is 0 Å². The third kappa shape index (κ3) is 4.40. The first kappa shape index (κ1) is 16.6. The summed E-state index contributed by atoms with van der Waals surface area (Å²) < 4.78 is 0. The molecule has 1 nitrogen and oxygen atoms in total. The maximum atomic E-state index is 3.93. The van der Waals surface area contributed by atoms with Crippen molar-refractivity contribution in [3.8, 4) is 11.8 Å². The molecule has 0 aliphatic heterocycles. The second-order valence-corrected chi connectivity index (χ2v) is 5.72. The van der Waals surface area contributed by atoms with E-state index in [4.69, 9.17) is 0 Å². The Morgan fingerprint density at radius 3 is 1.72 bits per heavy atom. The molecule has 1 heteroatoms. The van der Waals surface area contributed by atoms with Crippen LogP contribution in [0.15, 0.2) is 104 Å². The quantitative estimate of drug-likeness (QED) is 0.422. The molecule has 0 heterocycles. The highest BCUT2D eigenvalue weighted by atomic mass is 15.2. The van der Waals surface area contributed by atoms with E-state index in [-0.39, 0.29) is 6.04 Å². The normalized spacial score (nSPS) is 11.0. The predicted octanol–water partition coefficient (Wildman–Crippen LogP) is 5.82. The van der Waals surface area contributed by atoms with E-state index in [9.17, 15) is 0 Å².